The van der Waals surface area contributed by atoms with Gasteiger partial charge in [0.2, 0.25) is 0 Å². The lowest BCUT2D eigenvalue weighted by atomic mass is 9.95. The van der Waals surface area contributed by atoms with Crippen molar-refractivity contribution in [2.75, 3.05) is 6.61 Å². The largest absolute Gasteiger partial charge is 0.392 e. The summed E-state index contributed by atoms with van der Waals surface area (Å²) in [5.41, 5.74) is 1.83. The van der Waals surface area contributed by atoms with Crippen LogP contribution in [0, 0.1) is 5.92 Å². The van der Waals surface area contributed by atoms with Crippen LogP contribution in [0.2, 0.25) is 10.0 Å². The summed E-state index contributed by atoms with van der Waals surface area (Å²) in [6, 6.07) is 5.40. The molecule has 1 saturated heterocycles. The molecule has 0 aromatic heterocycles. The van der Waals surface area contributed by atoms with Crippen LogP contribution >= 0.6 is 23.2 Å². The SMILES string of the molecule is C[C@H]1ON=C2[C@H](c3ccc(Cl)cc3Cl)OC[C@H]21. The average molecular weight is 272 g/mol. The second-order valence-corrected chi connectivity index (χ2v) is 5.16. The zero-order valence-corrected chi connectivity index (χ0v) is 10.7. The summed E-state index contributed by atoms with van der Waals surface area (Å²) in [6.45, 7) is 2.62. The van der Waals surface area contributed by atoms with Gasteiger partial charge in [0, 0.05) is 15.6 Å². The van der Waals surface area contributed by atoms with Gasteiger partial charge in [0.25, 0.3) is 0 Å². The van der Waals surface area contributed by atoms with Crippen molar-refractivity contribution in [2.45, 2.75) is 19.1 Å². The Hall–Kier alpha value is -0.770. The summed E-state index contributed by atoms with van der Waals surface area (Å²) < 4.78 is 5.76. The normalized spacial score (nSPS) is 31.0. The maximum absolute atomic E-state index is 6.18. The summed E-state index contributed by atoms with van der Waals surface area (Å²) >= 11 is 12.1. The van der Waals surface area contributed by atoms with Gasteiger partial charge in [0.15, 0.2) is 0 Å². The highest BCUT2D eigenvalue weighted by Gasteiger charge is 2.43. The van der Waals surface area contributed by atoms with Crippen LogP contribution < -0.4 is 0 Å². The van der Waals surface area contributed by atoms with E-state index in [4.69, 9.17) is 32.8 Å². The number of ether oxygens (including phenoxy) is 1. The number of hydrogen-bond donors (Lipinski definition) is 0. The third-order valence-corrected chi connectivity index (χ3v) is 3.79. The number of hydrogen-bond acceptors (Lipinski definition) is 3. The van der Waals surface area contributed by atoms with Gasteiger partial charge in [-0.15, -0.1) is 0 Å². The van der Waals surface area contributed by atoms with Crippen molar-refractivity contribution in [3.63, 3.8) is 0 Å². The Balaban J connectivity index is 1.95. The number of rotatable bonds is 1. The molecule has 3 rings (SSSR count). The number of fused-ring (bicyclic) bond motifs is 1. The maximum atomic E-state index is 6.18. The lowest BCUT2D eigenvalue weighted by molar-refractivity contribution is 0.0351. The number of nitrogens with zero attached hydrogens (tertiary/aromatic N) is 1. The third-order valence-electron chi connectivity index (χ3n) is 3.23. The molecule has 1 aromatic rings. The Morgan fingerprint density at radius 1 is 1.35 bits per heavy atom. The Morgan fingerprint density at radius 3 is 2.94 bits per heavy atom. The molecule has 2 aliphatic rings. The summed E-state index contributed by atoms with van der Waals surface area (Å²) in [5, 5.41) is 5.32. The van der Waals surface area contributed by atoms with Gasteiger partial charge in [0.1, 0.15) is 12.2 Å². The molecule has 0 amide bonds. The first-order chi connectivity index (χ1) is 8.16. The second-order valence-electron chi connectivity index (χ2n) is 4.31. The van der Waals surface area contributed by atoms with Crippen molar-refractivity contribution in [3.8, 4) is 0 Å². The molecule has 0 N–H and O–H groups in total. The van der Waals surface area contributed by atoms with Gasteiger partial charge >= 0.3 is 0 Å². The van der Waals surface area contributed by atoms with E-state index < -0.39 is 0 Å². The molecule has 3 atom stereocenters. The molecule has 2 aliphatic heterocycles. The van der Waals surface area contributed by atoms with Crippen molar-refractivity contribution in [1.29, 1.82) is 0 Å². The molecule has 0 radical (unpaired) electrons. The number of oxime groups is 1. The predicted octanol–water partition coefficient (Wildman–Crippen LogP) is 3.46. The van der Waals surface area contributed by atoms with E-state index in [0.29, 0.717) is 16.7 Å². The first-order valence-corrected chi connectivity index (χ1v) is 6.22. The fraction of sp³-hybridized carbons (Fsp3) is 0.417. The summed E-state index contributed by atoms with van der Waals surface area (Å²) in [7, 11) is 0. The molecular formula is C12H11Cl2NO2. The Bertz CT molecular complexity index is 489. The van der Waals surface area contributed by atoms with Crippen molar-refractivity contribution in [1.82, 2.24) is 0 Å². The molecule has 17 heavy (non-hydrogen) atoms. The summed E-state index contributed by atoms with van der Waals surface area (Å²) in [5.74, 6) is 0.242. The molecule has 0 unspecified atom stereocenters. The van der Waals surface area contributed by atoms with Crippen LogP contribution in [0.15, 0.2) is 23.4 Å². The zero-order chi connectivity index (χ0) is 12.0. The van der Waals surface area contributed by atoms with Crippen LogP contribution in [0.4, 0.5) is 0 Å². The molecular weight excluding hydrogens is 261 g/mol. The van der Waals surface area contributed by atoms with Crippen LogP contribution in [0.5, 0.6) is 0 Å². The van der Waals surface area contributed by atoms with E-state index in [1.54, 1.807) is 12.1 Å². The van der Waals surface area contributed by atoms with E-state index in [1.165, 1.54) is 0 Å². The molecule has 1 fully saturated rings. The van der Waals surface area contributed by atoms with Gasteiger partial charge in [-0.1, -0.05) is 34.4 Å². The van der Waals surface area contributed by atoms with Gasteiger partial charge < -0.3 is 9.57 Å². The molecule has 0 spiro atoms. The lowest BCUT2D eigenvalue weighted by Crippen LogP contribution is -2.19. The second kappa shape index (κ2) is 4.16. The molecule has 1 aromatic carbocycles. The van der Waals surface area contributed by atoms with Crippen LogP contribution in [0.1, 0.15) is 18.6 Å². The standard InChI is InChI=1S/C12H11Cl2NO2/c1-6-9-5-16-12(11(9)15-17-6)8-3-2-7(13)4-10(8)14/h2-4,6,9,12H,5H2,1H3/t6-,9+,12+/m1/s1. The van der Waals surface area contributed by atoms with Crippen molar-refractivity contribution in [3.05, 3.63) is 33.8 Å². The lowest BCUT2D eigenvalue weighted by Gasteiger charge is -2.11. The molecule has 3 nitrogen and oxygen atoms in total. The highest BCUT2D eigenvalue weighted by Crippen LogP contribution is 2.39. The van der Waals surface area contributed by atoms with E-state index in [1.807, 2.05) is 13.0 Å². The van der Waals surface area contributed by atoms with E-state index in [9.17, 15) is 0 Å². The third kappa shape index (κ3) is 1.82. The highest BCUT2D eigenvalue weighted by molar-refractivity contribution is 6.35. The average Bonchev–Trinajstić information content (AvgIpc) is 2.83. The van der Waals surface area contributed by atoms with E-state index >= 15 is 0 Å². The molecule has 90 valence electrons. The Morgan fingerprint density at radius 2 is 2.18 bits per heavy atom. The minimum absolute atomic E-state index is 0.0843. The first kappa shape index (κ1) is 11.3. The fourth-order valence-electron chi connectivity index (χ4n) is 2.24. The van der Waals surface area contributed by atoms with Crippen LogP contribution in [0.3, 0.4) is 0 Å². The molecule has 2 heterocycles. The molecule has 0 saturated carbocycles. The fourth-order valence-corrected chi connectivity index (χ4v) is 2.74. The highest BCUT2D eigenvalue weighted by atomic mass is 35.5. The minimum atomic E-state index is -0.199. The summed E-state index contributed by atoms with van der Waals surface area (Å²) in [4.78, 5) is 5.27. The topological polar surface area (TPSA) is 30.8 Å². The molecule has 5 heteroatoms. The zero-order valence-electron chi connectivity index (χ0n) is 9.19. The number of benzene rings is 1. The maximum Gasteiger partial charge on any atom is 0.135 e. The van der Waals surface area contributed by atoms with Crippen molar-refractivity contribution >= 4 is 28.9 Å². The van der Waals surface area contributed by atoms with Crippen LogP contribution in [-0.2, 0) is 9.57 Å². The monoisotopic (exact) mass is 271 g/mol. The van der Waals surface area contributed by atoms with Crippen LogP contribution in [-0.4, -0.2) is 18.4 Å². The molecule has 0 bridgehead atoms. The predicted molar refractivity (Wildman–Crippen MR) is 66.6 cm³/mol. The van der Waals surface area contributed by atoms with Gasteiger partial charge in [0.05, 0.1) is 18.2 Å². The van der Waals surface area contributed by atoms with E-state index in [-0.39, 0.29) is 18.1 Å². The quantitative estimate of drug-likeness (QED) is 0.783. The summed E-state index contributed by atoms with van der Waals surface area (Å²) in [6.07, 6.45) is -0.115. The minimum Gasteiger partial charge on any atom is -0.392 e. The van der Waals surface area contributed by atoms with Gasteiger partial charge in [-0.05, 0) is 19.1 Å². The Labute approximate surface area is 109 Å². The Kier molecular flexibility index (Phi) is 2.77. The smallest absolute Gasteiger partial charge is 0.135 e. The van der Waals surface area contributed by atoms with Gasteiger partial charge in [-0.3, -0.25) is 0 Å². The van der Waals surface area contributed by atoms with Crippen molar-refractivity contribution in [2.24, 2.45) is 11.1 Å². The molecule has 0 aliphatic carbocycles. The van der Waals surface area contributed by atoms with E-state index in [0.717, 1.165) is 11.3 Å². The van der Waals surface area contributed by atoms with E-state index in [2.05, 4.69) is 5.16 Å². The van der Waals surface area contributed by atoms with Crippen LogP contribution in [0.25, 0.3) is 0 Å². The van der Waals surface area contributed by atoms with Gasteiger partial charge in [-0.25, -0.2) is 0 Å². The first-order valence-electron chi connectivity index (χ1n) is 5.47. The van der Waals surface area contributed by atoms with Gasteiger partial charge in [-0.2, -0.15) is 0 Å². The number of halogens is 2. The van der Waals surface area contributed by atoms with Crippen molar-refractivity contribution < 1.29 is 9.57 Å².